The summed E-state index contributed by atoms with van der Waals surface area (Å²) in [6.07, 6.45) is 12.4. The number of amides is 6. The SMILES string of the molecule is COCCOCCOCCOCCOCCOCCOCCOCCOCCOCCOCCOCC(=O)NCCCC[C@@H](CC(=O)OCc1ccc(CC(=O)[C@H](C)NC(=O)[C@@H](CC(=O)CCCCCN2C(=O)C=CC2=O)C(C)C)cc1)C(=O)N[C@H](C)C(=O)CCCOC12CC(C)CC(C)(CC(C)(Cn3ncc(-c4ccc(N5CCc6cccc(C(=O)Nc7nc8ccccc8s7)c6C5)nc4C(=O)O)c3C)C1)C2. The van der Waals surface area contributed by atoms with Crippen LogP contribution in [-0.4, -0.2) is 297 Å². The lowest BCUT2D eigenvalue weighted by Gasteiger charge is -2.58. The first kappa shape index (κ1) is 115. The number of ether oxygens (including phenoxy) is 14. The number of carbonyl (C=O) groups excluding carboxylic acids is 10. The predicted molar refractivity (Wildman–Crippen MR) is 536 cm³/mol. The predicted octanol–water partition coefficient (Wildman–Crippen LogP) is 11.8. The van der Waals surface area contributed by atoms with Gasteiger partial charge in [-0.2, -0.15) is 5.10 Å². The van der Waals surface area contributed by atoms with Crippen molar-refractivity contribution < 1.29 is 124 Å². The molecule has 2 aliphatic carbocycles. The number of para-hydroxylation sites is 1. The largest absolute Gasteiger partial charge is 0.476 e. The number of esters is 1. The van der Waals surface area contributed by atoms with E-state index in [0.29, 0.717) is 248 Å². The number of hydrogen-bond donors (Lipinski definition) is 5. The lowest BCUT2D eigenvalue weighted by molar-refractivity contribution is -0.178. The van der Waals surface area contributed by atoms with Gasteiger partial charge in [-0.3, -0.25) is 62.8 Å². The minimum absolute atomic E-state index is 0.00913. The molecule has 6 aromatic rings. The van der Waals surface area contributed by atoms with E-state index in [-0.39, 0.29) is 141 Å². The average Bonchev–Trinajstić information content (AvgIpc) is 1.52. The number of nitrogens with one attached hydrogen (secondary N) is 4. The minimum atomic E-state index is -1.18. The summed E-state index contributed by atoms with van der Waals surface area (Å²) in [6.45, 7) is 27.1. The maximum absolute atomic E-state index is 14.4. The van der Waals surface area contributed by atoms with Gasteiger partial charge in [0, 0.05) is 118 Å². The standard InChI is InChI=1S/C106H150N10O26S/c1-74(2)86(63-83(117)21-11-10-16-36-115-95(121)32-33-96(115)122)101(126)110-77(5)91(119)61-79-26-28-80(29-27-79)68-141-97(123)62-82(19-14-15-35-107-94(120)69-140-60-59-139-58-57-138-56-55-137-54-53-136-52-51-135-50-49-134-48-47-133-46-45-132-44-43-131-42-41-130-40-39-129-9)99(124)109-76(4)90(118)24-18-38-142-106-65-75(3)64-104(7,71-106)70-105(8,72-106)73-116-78(6)87(66-108-116)84-30-31-93(112-98(84)102(127)128)114-37-34-81-20-17-22-85(88(81)67-114)100(125)113-103-111-89-23-12-13-25-92(89)143-103/h12-13,17,20,22-23,25-33,66,74-77,82,86H,10-11,14-16,18-19,21,24,34-65,67-73H2,1-9H3,(H,107,120)(H,109,124)(H,110,126)(H,127,128)(H,111,113,125)/t75?,76-,77+,82+,86+,104?,105?,106?/m1/s1. The number of aromatic nitrogens is 4. The lowest BCUT2D eigenvalue weighted by atomic mass is 9.51. The molecule has 3 aromatic carbocycles. The second-order valence-corrected chi connectivity index (χ2v) is 39.6. The smallest absolute Gasteiger partial charge is 0.355 e. The number of carbonyl (C=O) groups is 11. The molecule has 10 rings (SSSR count). The number of rotatable bonds is 73. The Morgan fingerprint density at radius 3 is 1.79 bits per heavy atom. The van der Waals surface area contributed by atoms with E-state index in [0.717, 1.165) is 59.1 Å². The first-order valence-electron chi connectivity index (χ1n) is 50.5. The molecule has 5 N–H and O–H groups in total. The number of benzene rings is 3. The number of anilines is 2. The van der Waals surface area contributed by atoms with Gasteiger partial charge < -0.3 is 92.3 Å². The fourth-order valence-electron chi connectivity index (χ4n) is 19.3. The molecule has 143 heavy (non-hydrogen) atoms. The monoisotopic (exact) mass is 2010 g/mol. The number of thiazole rings is 1. The molecule has 786 valence electrons. The number of unbranched alkanes of at least 4 members (excludes halogenated alkanes) is 3. The Labute approximate surface area is 843 Å². The summed E-state index contributed by atoms with van der Waals surface area (Å²) in [4.78, 5) is 159. The number of pyridine rings is 1. The summed E-state index contributed by atoms with van der Waals surface area (Å²) in [5.74, 6) is -5.50. The number of Topliss-reactive ketones (excluding diaryl/α,β-unsaturated/α-hetero) is 3. The summed E-state index contributed by atoms with van der Waals surface area (Å²) in [7, 11) is 1.63. The second kappa shape index (κ2) is 60.7. The van der Waals surface area contributed by atoms with Crippen LogP contribution in [-0.2, 0) is 142 Å². The van der Waals surface area contributed by atoms with Crippen molar-refractivity contribution in [1.29, 1.82) is 0 Å². The Morgan fingerprint density at radius 1 is 0.587 bits per heavy atom. The third kappa shape index (κ3) is 39.0. The van der Waals surface area contributed by atoms with E-state index in [1.165, 1.54) is 28.4 Å². The van der Waals surface area contributed by atoms with E-state index in [4.69, 9.17) is 76.4 Å². The number of carboxylic acid groups (broad SMARTS) is 1. The Balaban J connectivity index is 0.637. The first-order valence-corrected chi connectivity index (χ1v) is 51.3. The normalized spacial score (nSPS) is 18.0. The molecular weight excluding hydrogens is 1860 g/mol. The van der Waals surface area contributed by atoms with Gasteiger partial charge in [0.25, 0.3) is 17.7 Å². The van der Waals surface area contributed by atoms with Gasteiger partial charge in [-0.05, 0) is 167 Å². The topological polar surface area (TPSA) is 435 Å². The fourth-order valence-corrected chi connectivity index (χ4v) is 20.2. The van der Waals surface area contributed by atoms with E-state index in [1.807, 2.05) is 72.8 Å². The van der Waals surface area contributed by atoms with Gasteiger partial charge in [-0.25, -0.2) is 14.8 Å². The zero-order valence-electron chi connectivity index (χ0n) is 84.9. The van der Waals surface area contributed by atoms with Gasteiger partial charge in [0.1, 0.15) is 24.8 Å². The van der Waals surface area contributed by atoms with Gasteiger partial charge in [0.05, 0.1) is 186 Å². The van der Waals surface area contributed by atoms with Crippen LogP contribution in [0.25, 0.3) is 21.3 Å². The summed E-state index contributed by atoms with van der Waals surface area (Å²) in [6, 6.07) is 22.2. The quantitative estimate of drug-likeness (QED) is 0.0134. The molecule has 3 aromatic heterocycles. The van der Waals surface area contributed by atoms with Crippen molar-refractivity contribution in [3.63, 3.8) is 0 Å². The van der Waals surface area contributed by atoms with Gasteiger partial charge in [0.2, 0.25) is 17.7 Å². The second-order valence-electron chi connectivity index (χ2n) is 38.6. The van der Waals surface area contributed by atoms with Gasteiger partial charge in [-0.1, -0.05) is 107 Å². The molecular formula is C106H150N10O26S. The van der Waals surface area contributed by atoms with Crippen molar-refractivity contribution in [2.24, 2.45) is 34.5 Å². The molecule has 5 heterocycles. The summed E-state index contributed by atoms with van der Waals surface area (Å²) >= 11 is 1.41. The van der Waals surface area contributed by atoms with Crippen LogP contribution >= 0.6 is 11.3 Å². The zero-order chi connectivity index (χ0) is 102. The summed E-state index contributed by atoms with van der Waals surface area (Å²) in [5, 5.41) is 27.8. The van der Waals surface area contributed by atoms with Crippen LogP contribution in [0.2, 0.25) is 0 Å². The molecule has 2 aliphatic heterocycles. The molecule has 4 unspecified atom stereocenters. The van der Waals surface area contributed by atoms with Gasteiger partial charge in [0.15, 0.2) is 22.4 Å². The van der Waals surface area contributed by atoms with E-state index >= 15 is 0 Å². The number of imide groups is 1. The highest BCUT2D eigenvalue weighted by molar-refractivity contribution is 7.22. The molecule has 8 atom stereocenters. The minimum Gasteiger partial charge on any atom is -0.476 e. The number of ketones is 3. The lowest BCUT2D eigenvalue weighted by Crippen LogP contribution is -2.55. The maximum atomic E-state index is 14.4. The van der Waals surface area contributed by atoms with Crippen LogP contribution < -0.4 is 26.2 Å². The molecule has 0 saturated heterocycles. The van der Waals surface area contributed by atoms with E-state index in [9.17, 15) is 57.8 Å². The van der Waals surface area contributed by atoms with Crippen molar-refractivity contribution in [3.8, 4) is 11.1 Å². The Hall–Kier alpha value is -10.1. The number of carboxylic acids is 1. The third-order valence-corrected chi connectivity index (χ3v) is 27.0. The van der Waals surface area contributed by atoms with Crippen molar-refractivity contribution >= 4 is 97.2 Å². The molecule has 0 spiro atoms. The Bertz CT molecular complexity index is 5040. The number of hydrogen-bond acceptors (Lipinski definition) is 30. The Morgan fingerprint density at radius 2 is 1.18 bits per heavy atom. The highest BCUT2D eigenvalue weighted by Crippen LogP contribution is 2.60. The molecule has 0 radical (unpaired) electrons. The molecule has 2 bridgehead atoms. The van der Waals surface area contributed by atoms with E-state index < -0.39 is 53.3 Å². The van der Waals surface area contributed by atoms with Gasteiger partial charge in [-0.15, -0.1) is 0 Å². The van der Waals surface area contributed by atoms with Crippen LogP contribution in [0.3, 0.4) is 0 Å². The Kier molecular flexibility index (Phi) is 48.8. The summed E-state index contributed by atoms with van der Waals surface area (Å²) in [5.41, 5.74) is 5.37. The average molecular weight is 2010 g/mol. The molecule has 6 amide bonds. The van der Waals surface area contributed by atoms with Crippen molar-refractivity contribution in [2.75, 3.05) is 196 Å². The number of fused-ring (bicyclic) bond motifs is 4. The van der Waals surface area contributed by atoms with Crippen molar-refractivity contribution in [3.05, 3.63) is 136 Å². The van der Waals surface area contributed by atoms with Crippen LogP contribution in [0, 0.1) is 41.4 Å². The molecule has 37 heteroatoms. The van der Waals surface area contributed by atoms with E-state index in [1.54, 1.807) is 63.6 Å². The summed E-state index contributed by atoms with van der Waals surface area (Å²) < 4.78 is 81.4. The zero-order valence-corrected chi connectivity index (χ0v) is 85.7. The van der Waals surface area contributed by atoms with Crippen molar-refractivity contribution in [1.82, 2.24) is 40.6 Å². The van der Waals surface area contributed by atoms with Crippen LogP contribution in [0.4, 0.5) is 10.9 Å². The highest BCUT2D eigenvalue weighted by atomic mass is 32.1. The maximum Gasteiger partial charge on any atom is 0.355 e. The van der Waals surface area contributed by atoms with Crippen LogP contribution in [0.1, 0.15) is 200 Å². The number of aromatic carboxylic acids is 1. The fraction of sp³-hybridized carbons (Fsp3) is 0.623. The molecule has 2 saturated carbocycles. The van der Waals surface area contributed by atoms with Gasteiger partial charge >= 0.3 is 11.9 Å². The first-order chi connectivity index (χ1) is 69.0. The van der Waals surface area contributed by atoms with Crippen molar-refractivity contribution in [2.45, 2.75) is 208 Å². The number of nitrogens with zero attached hydrogens (tertiary/aromatic N) is 6. The number of methoxy groups -OCH3 is 1. The molecule has 2 fully saturated rings. The van der Waals surface area contributed by atoms with Crippen LogP contribution in [0.5, 0.6) is 0 Å². The van der Waals surface area contributed by atoms with E-state index in [2.05, 4.69) is 47.0 Å². The molecule has 4 aliphatic rings. The third-order valence-electron chi connectivity index (χ3n) is 26.0. The van der Waals surface area contributed by atoms with Crippen LogP contribution in [0.15, 0.2) is 97.2 Å². The molecule has 36 nitrogen and oxygen atoms in total. The highest BCUT2D eigenvalue weighted by Gasteiger charge is 2.56.